The zero-order valence-electron chi connectivity index (χ0n) is 16.4. The molecule has 0 atom stereocenters. The molecular formula is C20H22N6O3S. The van der Waals surface area contributed by atoms with Crippen LogP contribution in [0, 0.1) is 0 Å². The highest BCUT2D eigenvalue weighted by atomic mass is 32.2. The first kappa shape index (κ1) is 19.9. The van der Waals surface area contributed by atoms with E-state index in [1.165, 1.54) is 18.5 Å². The van der Waals surface area contributed by atoms with E-state index in [-0.39, 0.29) is 22.4 Å². The highest BCUT2D eigenvalue weighted by Gasteiger charge is 2.24. The summed E-state index contributed by atoms with van der Waals surface area (Å²) in [5.74, 6) is 0. The number of allylic oxidation sites excluding steroid dienone is 1. The number of sulfone groups is 1. The Morgan fingerprint density at radius 1 is 1.30 bits per heavy atom. The molecule has 2 aromatic heterocycles. The second-order valence-electron chi connectivity index (χ2n) is 6.99. The Balaban J connectivity index is 1.40. The van der Waals surface area contributed by atoms with Gasteiger partial charge in [0.25, 0.3) is 0 Å². The average Bonchev–Trinajstić information content (AvgIpc) is 3.40. The number of rotatable bonds is 6. The average molecular weight is 427 g/mol. The van der Waals surface area contributed by atoms with E-state index in [4.69, 9.17) is 0 Å². The van der Waals surface area contributed by atoms with Gasteiger partial charge in [0.2, 0.25) is 9.84 Å². The van der Waals surface area contributed by atoms with Gasteiger partial charge in [-0.2, -0.15) is 5.10 Å². The van der Waals surface area contributed by atoms with E-state index in [9.17, 15) is 13.2 Å². The SMILES string of the molecule is CCCc1[nH]ncc1S(=O)(=O)c1ccc(CNC(=O)N2C=C3C=CNC=C3C2)nc1. The molecule has 0 aromatic carbocycles. The van der Waals surface area contributed by atoms with Crippen LogP contribution in [0.5, 0.6) is 0 Å². The van der Waals surface area contributed by atoms with Gasteiger partial charge in [-0.1, -0.05) is 13.3 Å². The Morgan fingerprint density at radius 2 is 2.17 bits per heavy atom. The number of carbonyl (C=O) groups is 1. The number of nitrogens with zero attached hydrogens (tertiary/aromatic N) is 3. The highest BCUT2D eigenvalue weighted by molar-refractivity contribution is 7.91. The first-order valence-electron chi connectivity index (χ1n) is 9.59. The lowest BCUT2D eigenvalue weighted by Gasteiger charge is -2.14. The second kappa shape index (κ2) is 8.15. The molecule has 2 aliphatic heterocycles. The summed E-state index contributed by atoms with van der Waals surface area (Å²) < 4.78 is 25.7. The topological polar surface area (TPSA) is 120 Å². The van der Waals surface area contributed by atoms with Gasteiger partial charge in [0.05, 0.1) is 35.6 Å². The van der Waals surface area contributed by atoms with Crippen molar-refractivity contribution >= 4 is 15.9 Å². The third kappa shape index (κ3) is 3.86. The summed E-state index contributed by atoms with van der Waals surface area (Å²) in [5.41, 5.74) is 3.20. The fourth-order valence-electron chi connectivity index (χ4n) is 3.30. The molecule has 0 aliphatic carbocycles. The minimum atomic E-state index is -3.70. The standard InChI is InChI=1S/C20H22N6O3S/c1-2-3-18-19(11-24-25-18)30(28,29)17-5-4-16(22-10-17)9-23-20(27)26-12-14-6-7-21-8-15(14)13-26/h4-8,10-12,21H,2-3,9,13H2,1H3,(H,23,27)(H,24,25). The number of hydrogen-bond acceptors (Lipinski definition) is 6. The van der Waals surface area contributed by atoms with E-state index in [0.717, 1.165) is 17.6 Å². The molecule has 156 valence electrons. The number of fused-ring (bicyclic) bond motifs is 1. The number of aryl methyl sites for hydroxylation is 1. The van der Waals surface area contributed by atoms with Crippen molar-refractivity contribution in [2.45, 2.75) is 36.1 Å². The van der Waals surface area contributed by atoms with E-state index in [2.05, 4.69) is 25.8 Å². The summed E-state index contributed by atoms with van der Waals surface area (Å²) in [7, 11) is -3.70. The molecule has 0 fully saturated rings. The van der Waals surface area contributed by atoms with Crippen molar-refractivity contribution in [2.75, 3.05) is 6.54 Å². The maximum atomic E-state index is 12.9. The predicted molar refractivity (Wildman–Crippen MR) is 110 cm³/mol. The van der Waals surface area contributed by atoms with Crippen LogP contribution >= 0.6 is 0 Å². The fraction of sp³-hybridized carbons (Fsp3) is 0.250. The fourth-order valence-corrected chi connectivity index (χ4v) is 4.66. The number of urea groups is 1. The van der Waals surface area contributed by atoms with E-state index in [1.54, 1.807) is 17.2 Å². The number of aromatic amines is 1. The van der Waals surface area contributed by atoms with Crippen molar-refractivity contribution in [3.05, 3.63) is 71.7 Å². The molecule has 2 amide bonds. The number of dihydropyridines is 1. The lowest BCUT2D eigenvalue weighted by molar-refractivity contribution is 0.219. The maximum Gasteiger partial charge on any atom is 0.322 e. The van der Waals surface area contributed by atoms with Crippen LogP contribution in [0.2, 0.25) is 0 Å². The third-order valence-electron chi connectivity index (χ3n) is 4.88. The molecule has 4 rings (SSSR count). The Hall–Kier alpha value is -3.40. The number of aromatic nitrogens is 3. The van der Waals surface area contributed by atoms with Crippen LogP contribution in [0.25, 0.3) is 0 Å². The molecular weight excluding hydrogens is 404 g/mol. The molecule has 10 heteroatoms. The lowest BCUT2D eigenvalue weighted by atomic mass is 10.1. The lowest BCUT2D eigenvalue weighted by Crippen LogP contribution is -2.35. The van der Waals surface area contributed by atoms with Gasteiger partial charge in [0.1, 0.15) is 4.90 Å². The third-order valence-corrected chi connectivity index (χ3v) is 6.67. The number of H-pyrrole nitrogens is 1. The zero-order chi connectivity index (χ0) is 21.1. The molecule has 0 bridgehead atoms. The van der Waals surface area contributed by atoms with Crippen LogP contribution in [-0.4, -0.2) is 41.1 Å². The van der Waals surface area contributed by atoms with E-state index >= 15 is 0 Å². The molecule has 2 aromatic rings. The van der Waals surface area contributed by atoms with Crippen LogP contribution < -0.4 is 10.6 Å². The van der Waals surface area contributed by atoms with Crippen LogP contribution in [0.4, 0.5) is 4.79 Å². The Bertz CT molecular complexity index is 1150. The van der Waals surface area contributed by atoms with Gasteiger partial charge < -0.3 is 10.6 Å². The monoisotopic (exact) mass is 426 g/mol. The molecule has 0 unspecified atom stereocenters. The van der Waals surface area contributed by atoms with Crippen molar-refractivity contribution in [3.63, 3.8) is 0 Å². The first-order valence-corrected chi connectivity index (χ1v) is 11.1. The number of amides is 2. The van der Waals surface area contributed by atoms with Gasteiger partial charge in [-0.25, -0.2) is 13.2 Å². The van der Waals surface area contributed by atoms with E-state index in [0.29, 0.717) is 24.4 Å². The summed E-state index contributed by atoms with van der Waals surface area (Å²) >= 11 is 0. The smallest absolute Gasteiger partial charge is 0.322 e. The molecule has 0 radical (unpaired) electrons. The summed E-state index contributed by atoms with van der Waals surface area (Å²) in [6, 6.07) is 2.86. The summed E-state index contributed by atoms with van der Waals surface area (Å²) in [5, 5.41) is 12.4. The maximum absolute atomic E-state index is 12.9. The van der Waals surface area contributed by atoms with Crippen molar-refractivity contribution in [3.8, 4) is 0 Å². The molecule has 3 N–H and O–H groups in total. The van der Waals surface area contributed by atoms with Gasteiger partial charge in [-0.3, -0.25) is 15.0 Å². The van der Waals surface area contributed by atoms with Gasteiger partial charge >= 0.3 is 6.03 Å². The van der Waals surface area contributed by atoms with Gasteiger partial charge in [-0.15, -0.1) is 0 Å². The van der Waals surface area contributed by atoms with Gasteiger partial charge in [0.15, 0.2) is 0 Å². The van der Waals surface area contributed by atoms with Crippen LogP contribution in [-0.2, 0) is 22.8 Å². The molecule has 0 spiro atoms. The van der Waals surface area contributed by atoms with Crippen molar-refractivity contribution in [1.29, 1.82) is 0 Å². The molecule has 0 saturated carbocycles. The molecule has 2 aliphatic rings. The molecule has 30 heavy (non-hydrogen) atoms. The Morgan fingerprint density at radius 3 is 2.90 bits per heavy atom. The zero-order valence-corrected chi connectivity index (χ0v) is 17.2. The predicted octanol–water partition coefficient (Wildman–Crippen LogP) is 2.00. The van der Waals surface area contributed by atoms with Crippen molar-refractivity contribution in [1.82, 2.24) is 30.7 Å². The summed E-state index contributed by atoms with van der Waals surface area (Å²) in [6.07, 6.45) is 11.4. The summed E-state index contributed by atoms with van der Waals surface area (Å²) in [4.78, 5) is 18.5. The Kier molecular flexibility index (Phi) is 5.40. The van der Waals surface area contributed by atoms with Crippen LogP contribution in [0.1, 0.15) is 24.7 Å². The minimum absolute atomic E-state index is 0.0934. The van der Waals surface area contributed by atoms with E-state index < -0.39 is 9.84 Å². The van der Waals surface area contributed by atoms with E-state index in [1.807, 2.05) is 25.4 Å². The number of carbonyl (C=O) groups excluding carboxylic acids is 1. The highest BCUT2D eigenvalue weighted by Crippen LogP contribution is 2.24. The number of nitrogens with one attached hydrogen (secondary N) is 3. The number of hydrogen-bond donors (Lipinski definition) is 3. The second-order valence-corrected chi connectivity index (χ2v) is 8.91. The van der Waals surface area contributed by atoms with Crippen molar-refractivity contribution in [2.24, 2.45) is 0 Å². The quantitative estimate of drug-likeness (QED) is 0.650. The van der Waals surface area contributed by atoms with Gasteiger partial charge in [0, 0.05) is 24.8 Å². The summed E-state index contributed by atoms with van der Waals surface area (Å²) in [6.45, 7) is 2.66. The van der Waals surface area contributed by atoms with Gasteiger partial charge in [-0.05, 0) is 35.8 Å². The normalized spacial score (nSPS) is 15.3. The van der Waals surface area contributed by atoms with Crippen molar-refractivity contribution < 1.29 is 13.2 Å². The minimum Gasteiger partial charge on any atom is -0.367 e. The number of pyridine rings is 1. The molecule has 0 saturated heterocycles. The van der Waals surface area contributed by atoms with Crippen LogP contribution in [0.3, 0.4) is 0 Å². The molecule has 9 nitrogen and oxygen atoms in total. The van der Waals surface area contributed by atoms with Crippen LogP contribution in [0.15, 0.2) is 70.1 Å². The largest absolute Gasteiger partial charge is 0.367 e. The molecule has 4 heterocycles. The first-order chi connectivity index (χ1) is 14.5. The Labute approximate surface area is 174 Å².